The van der Waals surface area contributed by atoms with E-state index >= 15 is 0 Å². The normalized spacial score (nSPS) is 13.0. The Morgan fingerprint density at radius 1 is 1.17 bits per heavy atom. The number of rotatable bonds is 4. The Bertz CT molecular complexity index is 1270. The summed E-state index contributed by atoms with van der Waals surface area (Å²) in [4.78, 5) is 18.1. The van der Waals surface area contributed by atoms with Crippen molar-refractivity contribution in [2.75, 3.05) is 7.05 Å². The third-order valence-corrected chi connectivity index (χ3v) is 5.72. The fourth-order valence-corrected chi connectivity index (χ4v) is 4.24. The summed E-state index contributed by atoms with van der Waals surface area (Å²) in [6.07, 6.45) is 4.29. The van der Waals surface area contributed by atoms with Gasteiger partial charge >= 0.3 is 0 Å². The van der Waals surface area contributed by atoms with Gasteiger partial charge in [-0.1, -0.05) is 12.1 Å². The number of amides is 1. The molecule has 1 amide bonds. The number of nitrogens with one attached hydrogen (secondary N) is 1. The van der Waals surface area contributed by atoms with Crippen molar-refractivity contribution >= 4 is 16.8 Å². The lowest BCUT2D eigenvalue weighted by Crippen LogP contribution is -2.27. The van der Waals surface area contributed by atoms with Crippen LogP contribution >= 0.6 is 0 Å². The number of hydrogen-bond donors (Lipinski definition) is 1. The second kappa shape index (κ2) is 7.09. The summed E-state index contributed by atoms with van der Waals surface area (Å²) in [5, 5.41) is 5.60. The molecule has 0 atom stereocenters. The van der Waals surface area contributed by atoms with Crippen molar-refractivity contribution in [3.05, 3.63) is 82.8 Å². The van der Waals surface area contributed by atoms with Crippen LogP contribution in [0.4, 0.5) is 8.78 Å². The molecule has 0 bridgehead atoms. The standard InChI is InChI=1S/C23H20F2N4O/c1-28(13-14-4-2-6-20-16(14)10-11-26-20)23(30)22-17-5-3-7-21(17)29(27-22)15-8-9-18(24)19(25)12-15/h2,4,6,8-12,26H,3,5,7,13H2,1H3. The van der Waals surface area contributed by atoms with Gasteiger partial charge in [-0.3, -0.25) is 4.79 Å². The van der Waals surface area contributed by atoms with E-state index in [1.165, 1.54) is 6.07 Å². The van der Waals surface area contributed by atoms with Crippen LogP contribution in [0.3, 0.4) is 0 Å². The smallest absolute Gasteiger partial charge is 0.274 e. The SMILES string of the molecule is CN(Cc1cccc2[nH]ccc12)C(=O)c1nn(-c2ccc(F)c(F)c2)c2c1CCC2. The molecule has 2 heterocycles. The van der Waals surface area contributed by atoms with Gasteiger partial charge in [-0.05, 0) is 49.1 Å². The number of nitrogens with zero attached hydrogens (tertiary/aromatic N) is 3. The van der Waals surface area contributed by atoms with Gasteiger partial charge in [0.05, 0.1) is 5.69 Å². The first-order chi connectivity index (χ1) is 14.5. The predicted molar refractivity (Wildman–Crippen MR) is 110 cm³/mol. The third kappa shape index (κ3) is 2.98. The second-order valence-electron chi connectivity index (χ2n) is 7.65. The molecule has 0 saturated heterocycles. The van der Waals surface area contributed by atoms with Crippen molar-refractivity contribution in [1.82, 2.24) is 19.7 Å². The van der Waals surface area contributed by atoms with Crippen LogP contribution in [0.15, 0.2) is 48.7 Å². The van der Waals surface area contributed by atoms with Crippen LogP contribution in [0.5, 0.6) is 0 Å². The van der Waals surface area contributed by atoms with Gasteiger partial charge in [0.25, 0.3) is 5.91 Å². The molecule has 7 heteroatoms. The number of halogens is 2. The highest BCUT2D eigenvalue weighted by molar-refractivity contribution is 5.94. The van der Waals surface area contributed by atoms with Crippen LogP contribution in [0.2, 0.25) is 0 Å². The molecule has 0 fully saturated rings. The van der Waals surface area contributed by atoms with Crippen LogP contribution in [0.1, 0.15) is 33.7 Å². The second-order valence-corrected chi connectivity index (χ2v) is 7.65. The summed E-state index contributed by atoms with van der Waals surface area (Å²) in [6, 6.07) is 11.6. The number of aromatic nitrogens is 3. The van der Waals surface area contributed by atoms with Gasteiger partial charge in [0, 0.05) is 48.0 Å². The maximum absolute atomic E-state index is 13.8. The molecule has 0 aliphatic heterocycles. The number of H-pyrrole nitrogens is 1. The highest BCUT2D eigenvalue weighted by Gasteiger charge is 2.29. The van der Waals surface area contributed by atoms with Crippen LogP contribution in [-0.2, 0) is 19.4 Å². The Morgan fingerprint density at radius 2 is 2.03 bits per heavy atom. The van der Waals surface area contributed by atoms with Crippen LogP contribution in [0.25, 0.3) is 16.6 Å². The number of aromatic amines is 1. The van der Waals surface area contributed by atoms with Gasteiger partial charge in [-0.15, -0.1) is 0 Å². The van der Waals surface area contributed by atoms with Gasteiger partial charge in [0.2, 0.25) is 0 Å². The van der Waals surface area contributed by atoms with Crippen molar-refractivity contribution in [2.24, 2.45) is 0 Å². The minimum absolute atomic E-state index is 0.179. The minimum Gasteiger partial charge on any atom is -0.361 e. The Kier molecular flexibility index (Phi) is 4.38. The van der Waals surface area contributed by atoms with E-state index in [0.717, 1.165) is 59.1 Å². The third-order valence-electron chi connectivity index (χ3n) is 5.72. The van der Waals surface area contributed by atoms with Crippen LogP contribution in [-0.4, -0.2) is 32.6 Å². The molecule has 2 aromatic carbocycles. The van der Waals surface area contributed by atoms with E-state index in [1.807, 2.05) is 30.5 Å². The molecule has 152 valence electrons. The monoisotopic (exact) mass is 406 g/mol. The lowest BCUT2D eigenvalue weighted by Gasteiger charge is -2.17. The number of carbonyl (C=O) groups is 1. The average molecular weight is 406 g/mol. The van der Waals surface area contributed by atoms with E-state index in [4.69, 9.17) is 0 Å². The van der Waals surface area contributed by atoms with Gasteiger partial charge in [0.1, 0.15) is 0 Å². The van der Waals surface area contributed by atoms with E-state index in [0.29, 0.717) is 17.9 Å². The maximum Gasteiger partial charge on any atom is 0.274 e. The Morgan fingerprint density at radius 3 is 2.87 bits per heavy atom. The fourth-order valence-electron chi connectivity index (χ4n) is 4.24. The summed E-state index contributed by atoms with van der Waals surface area (Å²) in [6.45, 7) is 0.445. The lowest BCUT2D eigenvalue weighted by atomic mass is 10.1. The van der Waals surface area contributed by atoms with Crippen molar-refractivity contribution in [2.45, 2.75) is 25.8 Å². The zero-order valence-electron chi connectivity index (χ0n) is 16.5. The number of benzene rings is 2. The number of hydrogen-bond acceptors (Lipinski definition) is 2. The van der Waals surface area contributed by atoms with E-state index < -0.39 is 11.6 Å². The summed E-state index contributed by atoms with van der Waals surface area (Å²) < 4.78 is 28.7. The van der Waals surface area contributed by atoms with E-state index in [2.05, 4.69) is 10.1 Å². The molecule has 0 saturated carbocycles. The average Bonchev–Trinajstić information content (AvgIpc) is 3.46. The highest BCUT2D eigenvalue weighted by Crippen LogP contribution is 2.29. The fraction of sp³-hybridized carbons (Fsp3) is 0.217. The number of carbonyl (C=O) groups excluding carboxylic acids is 1. The largest absolute Gasteiger partial charge is 0.361 e. The summed E-state index contributed by atoms with van der Waals surface area (Å²) in [7, 11) is 1.76. The van der Waals surface area contributed by atoms with Crippen LogP contribution < -0.4 is 0 Å². The molecule has 1 aliphatic carbocycles. The maximum atomic E-state index is 13.8. The molecule has 1 aliphatic rings. The highest BCUT2D eigenvalue weighted by atomic mass is 19.2. The Labute approximate surface area is 171 Å². The number of fused-ring (bicyclic) bond motifs is 2. The lowest BCUT2D eigenvalue weighted by molar-refractivity contribution is 0.0778. The molecular weight excluding hydrogens is 386 g/mol. The molecule has 1 N–H and O–H groups in total. The molecule has 0 spiro atoms. The van der Waals surface area contributed by atoms with Crippen molar-refractivity contribution in [3.63, 3.8) is 0 Å². The molecule has 0 unspecified atom stereocenters. The van der Waals surface area contributed by atoms with Crippen molar-refractivity contribution < 1.29 is 13.6 Å². The van der Waals surface area contributed by atoms with Gasteiger partial charge in [-0.2, -0.15) is 5.10 Å². The van der Waals surface area contributed by atoms with Gasteiger partial charge < -0.3 is 9.88 Å². The molecule has 4 aromatic rings. The van der Waals surface area contributed by atoms with Crippen molar-refractivity contribution in [1.29, 1.82) is 0 Å². The molecule has 0 radical (unpaired) electrons. The Balaban J connectivity index is 1.48. The first kappa shape index (κ1) is 18.5. The molecule has 2 aromatic heterocycles. The van der Waals surface area contributed by atoms with E-state index in [1.54, 1.807) is 16.6 Å². The van der Waals surface area contributed by atoms with E-state index in [-0.39, 0.29) is 5.91 Å². The quantitative estimate of drug-likeness (QED) is 0.546. The molecule has 30 heavy (non-hydrogen) atoms. The van der Waals surface area contributed by atoms with E-state index in [9.17, 15) is 13.6 Å². The summed E-state index contributed by atoms with van der Waals surface area (Å²) in [5.74, 6) is -2.01. The first-order valence-electron chi connectivity index (χ1n) is 9.89. The minimum atomic E-state index is -0.931. The van der Waals surface area contributed by atoms with Crippen LogP contribution in [0, 0.1) is 11.6 Å². The molecular formula is C23H20F2N4O. The van der Waals surface area contributed by atoms with Gasteiger partial charge in [0.15, 0.2) is 17.3 Å². The zero-order chi connectivity index (χ0) is 20.8. The summed E-state index contributed by atoms with van der Waals surface area (Å²) >= 11 is 0. The Hall–Kier alpha value is -3.48. The zero-order valence-corrected chi connectivity index (χ0v) is 16.5. The first-order valence-corrected chi connectivity index (χ1v) is 9.89. The molecule has 5 rings (SSSR count). The molecule has 5 nitrogen and oxygen atoms in total. The van der Waals surface area contributed by atoms with Crippen molar-refractivity contribution in [3.8, 4) is 5.69 Å². The van der Waals surface area contributed by atoms with Gasteiger partial charge in [-0.25, -0.2) is 13.5 Å². The predicted octanol–water partition coefficient (Wildman–Crippen LogP) is 4.39. The summed E-state index contributed by atoms with van der Waals surface area (Å²) in [5.41, 5.74) is 4.67. The topological polar surface area (TPSA) is 53.9 Å².